The summed E-state index contributed by atoms with van der Waals surface area (Å²) in [5.41, 5.74) is 2.70. The third kappa shape index (κ3) is 2.85. The summed E-state index contributed by atoms with van der Waals surface area (Å²) in [5.74, 6) is 0. The molecule has 0 unspecified atom stereocenters. The van der Waals surface area contributed by atoms with Gasteiger partial charge in [-0.1, -0.05) is 23.7 Å². The lowest BCUT2D eigenvalue weighted by Gasteiger charge is -2.13. The summed E-state index contributed by atoms with van der Waals surface area (Å²) >= 11 is 6.08. The van der Waals surface area contributed by atoms with Crippen molar-refractivity contribution in [2.75, 3.05) is 4.72 Å². The van der Waals surface area contributed by atoms with Gasteiger partial charge in [0.15, 0.2) is 0 Å². The van der Waals surface area contributed by atoms with Crippen molar-refractivity contribution in [3.63, 3.8) is 0 Å². The quantitative estimate of drug-likeness (QED) is 0.677. The zero-order chi connectivity index (χ0) is 16.8. The smallest absolute Gasteiger partial charge is 0.306 e. The van der Waals surface area contributed by atoms with Crippen molar-refractivity contribution < 1.29 is 8.42 Å². The minimum atomic E-state index is -3.88. The van der Waals surface area contributed by atoms with Crippen LogP contribution in [0.5, 0.6) is 0 Å². The Kier molecular flexibility index (Phi) is 3.69. The molecule has 0 spiro atoms. The van der Waals surface area contributed by atoms with E-state index in [9.17, 15) is 13.2 Å². The molecule has 3 rings (SSSR count). The minimum absolute atomic E-state index is 0.0329. The maximum absolute atomic E-state index is 12.6. The van der Waals surface area contributed by atoms with Crippen molar-refractivity contribution in [3.8, 4) is 0 Å². The second-order valence-electron chi connectivity index (χ2n) is 5.26. The van der Waals surface area contributed by atoms with Crippen LogP contribution in [0.4, 0.5) is 5.69 Å². The van der Waals surface area contributed by atoms with Gasteiger partial charge in [0, 0.05) is 0 Å². The Bertz CT molecular complexity index is 1070. The first-order chi connectivity index (χ1) is 10.8. The molecule has 1 heterocycles. The SMILES string of the molecule is Cc1cccc(NS(=O)(=O)c2cc3[nH]c(=O)[nH]c3cc2Cl)c1C. The summed E-state index contributed by atoms with van der Waals surface area (Å²) in [7, 11) is -3.88. The number of aromatic nitrogens is 2. The Balaban J connectivity index is 2.10. The van der Waals surface area contributed by atoms with Crippen molar-refractivity contribution in [1.29, 1.82) is 0 Å². The van der Waals surface area contributed by atoms with E-state index in [1.165, 1.54) is 12.1 Å². The fourth-order valence-electron chi connectivity index (χ4n) is 2.30. The molecule has 0 bridgehead atoms. The summed E-state index contributed by atoms with van der Waals surface area (Å²) in [6, 6.07) is 8.10. The molecule has 0 fully saturated rings. The van der Waals surface area contributed by atoms with Crippen LogP contribution in [-0.2, 0) is 10.0 Å². The van der Waals surface area contributed by atoms with Gasteiger partial charge in [0.2, 0.25) is 0 Å². The molecule has 23 heavy (non-hydrogen) atoms. The Morgan fingerprint density at radius 2 is 1.74 bits per heavy atom. The molecule has 0 aliphatic rings. The maximum atomic E-state index is 12.6. The second kappa shape index (κ2) is 5.43. The zero-order valence-corrected chi connectivity index (χ0v) is 14.0. The molecule has 0 aliphatic heterocycles. The van der Waals surface area contributed by atoms with Crippen molar-refractivity contribution in [1.82, 2.24) is 9.97 Å². The van der Waals surface area contributed by atoms with Crippen LogP contribution in [-0.4, -0.2) is 18.4 Å². The van der Waals surface area contributed by atoms with E-state index in [1.54, 1.807) is 12.1 Å². The average molecular weight is 352 g/mol. The molecule has 0 saturated heterocycles. The van der Waals surface area contributed by atoms with Crippen LogP contribution < -0.4 is 10.4 Å². The van der Waals surface area contributed by atoms with E-state index in [0.29, 0.717) is 16.7 Å². The van der Waals surface area contributed by atoms with Crippen LogP contribution >= 0.6 is 11.6 Å². The highest BCUT2D eigenvalue weighted by molar-refractivity contribution is 7.92. The van der Waals surface area contributed by atoms with Crippen LogP contribution in [0.3, 0.4) is 0 Å². The number of hydrogen-bond acceptors (Lipinski definition) is 3. The van der Waals surface area contributed by atoms with Gasteiger partial charge < -0.3 is 9.97 Å². The fourth-order valence-corrected chi connectivity index (χ4v) is 3.98. The highest BCUT2D eigenvalue weighted by atomic mass is 35.5. The van der Waals surface area contributed by atoms with Crippen LogP contribution in [0.25, 0.3) is 11.0 Å². The number of aromatic amines is 2. The number of rotatable bonds is 3. The van der Waals surface area contributed by atoms with Gasteiger partial charge in [0.25, 0.3) is 10.0 Å². The summed E-state index contributed by atoms with van der Waals surface area (Å²) in [4.78, 5) is 16.3. The topological polar surface area (TPSA) is 94.8 Å². The lowest BCUT2D eigenvalue weighted by molar-refractivity contribution is 0.601. The van der Waals surface area contributed by atoms with Gasteiger partial charge in [-0.2, -0.15) is 0 Å². The number of fused-ring (bicyclic) bond motifs is 1. The minimum Gasteiger partial charge on any atom is -0.306 e. The lowest BCUT2D eigenvalue weighted by atomic mass is 10.1. The molecule has 0 amide bonds. The first-order valence-corrected chi connectivity index (χ1v) is 8.64. The first-order valence-electron chi connectivity index (χ1n) is 6.78. The predicted molar refractivity (Wildman–Crippen MR) is 90.7 cm³/mol. The third-order valence-electron chi connectivity index (χ3n) is 3.71. The number of sulfonamides is 1. The van der Waals surface area contributed by atoms with Gasteiger partial charge in [0.05, 0.1) is 21.7 Å². The summed E-state index contributed by atoms with van der Waals surface area (Å²) in [6.45, 7) is 3.73. The summed E-state index contributed by atoms with van der Waals surface area (Å²) in [6.07, 6.45) is 0. The molecule has 3 N–H and O–H groups in total. The van der Waals surface area contributed by atoms with Crippen molar-refractivity contribution in [2.24, 2.45) is 0 Å². The molecular weight excluding hydrogens is 338 g/mol. The highest BCUT2D eigenvalue weighted by Crippen LogP contribution is 2.28. The predicted octanol–water partition coefficient (Wildman–Crippen LogP) is 2.93. The number of aryl methyl sites for hydroxylation is 1. The van der Waals surface area contributed by atoms with Crippen molar-refractivity contribution >= 4 is 38.3 Å². The number of benzene rings is 2. The van der Waals surface area contributed by atoms with Crippen molar-refractivity contribution in [2.45, 2.75) is 18.7 Å². The van der Waals surface area contributed by atoms with Gasteiger partial charge >= 0.3 is 5.69 Å². The first kappa shape index (κ1) is 15.6. The van der Waals surface area contributed by atoms with Gasteiger partial charge in [-0.05, 0) is 43.2 Å². The Morgan fingerprint density at radius 1 is 1.09 bits per heavy atom. The number of imidazole rings is 1. The number of hydrogen-bond donors (Lipinski definition) is 3. The van der Waals surface area contributed by atoms with E-state index in [2.05, 4.69) is 14.7 Å². The molecule has 0 radical (unpaired) electrons. The zero-order valence-electron chi connectivity index (χ0n) is 12.4. The van der Waals surface area contributed by atoms with Crippen LogP contribution in [0.2, 0.25) is 5.02 Å². The molecular formula is C15H14ClN3O3S. The normalized spacial score (nSPS) is 11.8. The van der Waals surface area contributed by atoms with E-state index in [4.69, 9.17) is 11.6 Å². The monoisotopic (exact) mass is 351 g/mol. The van der Waals surface area contributed by atoms with Gasteiger partial charge in [-0.25, -0.2) is 13.2 Å². The van der Waals surface area contributed by atoms with E-state index in [1.807, 2.05) is 19.9 Å². The Morgan fingerprint density at radius 3 is 2.43 bits per heavy atom. The molecule has 3 aromatic rings. The van der Waals surface area contributed by atoms with Gasteiger partial charge in [0.1, 0.15) is 4.90 Å². The number of anilines is 1. The number of H-pyrrole nitrogens is 2. The van der Waals surface area contributed by atoms with E-state index in [0.717, 1.165) is 11.1 Å². The van der Waals surface area contributed by atoms with E-state index in [-0.39, 0.29) is 9.92 Å². The highest BCUT2D eigenvalue weighted by Gasteiger charge is 2.20. The van der Waals surface area contributed by atoms with Crippen LogP contribution in [0, 0.1) is 13.8 Å². The molecule has 0 atom stereocenters. The third-order valence-corrected chi connectivity index (χ3v) is 5.54. The summed E-state index contributed by atoms with van der Waals surface area (Å²) < 4.78 is 27.8. The average Bonchev–Trinajstić information content (AvgIpc) is 2.82. The standard InChI is InChI=1S/C15H14ClN3O3S/c1-8-4-3-5-11(9(8)2)19-23(21,22)14-7-13-12(6-10(14)16)17-15(20)18-13/h3-7,19H,1-2H3,(H2,17,18,20). The maximum Gasteiger partial charge on any atom is 0.323 e. The summed E-state index contributed by atoms with van der Waals surface area (Å²) in [5, 5.41) is 0.0329. The fraction of sp³-hybridized carbons (Fsp3) is 0.133. The molecule has 120 valence electrons. The number of nitrogens with one attached hydrogen (secondary N) is 3. The molecule has 8 heteroatoms. The Hall–Kier alpha value is -2.25. The molecule has 0 saturated carbocycles. The second-order valence-corrected chi connectivity index (χ2v) is 7.32. The molecule has 6 nitrogen and oxygen atoms in total. The molecule has 1 aromatic heterocycles. The van der Waals surface area contributed by atoms with Crippen LogP contribution in [0.15, 0.2) is 40.0 Å². The molecule has 2 aromatic carbocycles. The van der Waals surface area contributed by atoms with Crippen LogP contribution in [0.1, 0.15) is 11.1 Å². The molecule has 0 aliphatic carbocycles. The van der Waals surface area contributed by atoms with Crippen molar-refractivity contribution in [3.05, 3.63) is 57.0 Å². The Labute approximate surface area is 137 Å². The number of halogens is 1. The van der Waals surface area contributed by atoms with Gasteiger partial charge in [-0.15, -0.1) is 0 Å². The van der Waals surface area contributed by atoms with E-state index >= 15 is 0 Å². The largest absolute Gasteiger partial charge is 0.323 e. The van der Waals surface area contributed by atoms with E-state index < -0.39 is 15.7 Å². The lowest BCUT2D eigenvalue weighted by Crippen LogP contribution is -2.14. The van der Waals surface area contributed by atoms with Gasteiger partial charge in [-0.3, -0.25) is 4.72 Å².